The van der Waals surface area contributed by atoms with Crippen LogP contribution in [-0.2, 0) is 20.9 Å². The monoisotopic (exact) mass is 942 g/mol. The van der Waals surface area contributed by atoms with Crippen LogP contribution in [0.15, 0.2) is 97.8 Å². The summed E-state index contributed by atoms with van der Waals surface area (Å²) in [5.74, 6) is -1.06. The second-order valence-electron chi connectivity index (χ2n) is 19.4. The van der Waals surface area contributed by atoms with Crippen LogP contribution in [0.5, 0.6) is 0 Å². The SMILES string of the molecule is CC[C@@H](NC(=O)[C@@H]1C[C@H](NCCCCCCCCC(=O)n2cc(-c3cnc4[nH]cc(-c5cnn(Cc6cccc(F)c6)c5)c4c3)cn2)CN1C(=O)C(NC(=O)[C@H](C)NC)C(C)(C)C)c1ccccc1. The number of hydrogen-bond donors (Lipinski definition) is 5. The van der Waals surface area contributed by atoms with E-state index < -0.39 is 23.5 Å². The molecule has 5 heterocycles. The van der Waals surface area contributed by atoms with E-state index in [9.17, 15) is 23.6 Å². The average molecular weight is 942 g/mol. The normalized spacial score (nSPS) is 16.4. The van der Waals surface area contributed by atoms with Crippen molar-refractivity contribution in [1.29, 1.82) is 0 Å². The Morgan fingerprint density at radius 1 is 0.870 bits per heavy atom. The number of amides is 3. The van der Waals surface area contributed by atoms with Crippen LogP contribution >= 0.6 is 0 Å². The largest absolute Gasteiger partial charge is 0.348 e. The van der Waals surface area contributed by atoms with Gasteiger partial charge in [-0.15, -0.1) is 0 Å². The Bertz CT molecular complexity index is 2670. The summed E-state index contributed by atoms with van der Waals surface area (Å²) in [4.78, 5) is 64.1. The molecule has 1 fully saturated rings. The lowest BCUT2D eigenvalue weighted by atomic mass is 9.85. The zero-order chi connectivity index (χ0) is 49.1. The molecule has 0 saturated carbocycles. The van der Waals surface area contributed by atoms with Crippen LogP contribution < -0.4 is 21.3 Å². The number of nitrogens with zero attached hydrogens (tertiary/aromatic N) is 6. The molecule has 0 aliphatic carbocycles. The first-order chi connectivity index (χ1) is 33.2. The Morgan fingerprint density at radius 2 is 1.62 bits per heavy atom. The summed E-state index contributed by atoms with van der Waals surface area (Å²) in [6.07, 6.45) is 18.1. The first kappa shape index (κ1) is 50.4. The lowest BCUT2D eigenvalue weighted by molar-refractivity contribution is -0.144. The van der Waals surface area contributed by atoms with Crippen molar-refractivity contribution >= 4 is 34.7 Å². The molecule has 1 saturated heterocycles. The molecule has 4 aromatic heterocycles. The van der Waals surface area contributed by atoms with Crippen molar-refractivity contribution in [1.82, 2.24) is 55.7 Å². The number of fused-ring (bicyclic) bond motifs is 1. The van der Waals surface area contributed by atoms with Crippen LogP contribution in [-0.4, -0.2) is 102 Å². The van der Waals surface area contributed by atoms with Crippen molar-refractivity contribution in [2.45, 2.75) is 129 Å². The number of likely N-dealkylation sites (tertiary alicyclic amines) is 1. The zero-order valence-electron chi connectivity index (χ0n) is 40.8. The standard InChI is InChI=1S/C53H68FN11O4/c1-7-45(37-19-13-12-14-20-37)61-51(68)46-26-42(34-64(46)52(69)48(53(3,4)5)62-50(67)35(2)55-6)56-23-16-11-9-8-10-15-22-47(66)65-33-39(28-60-65)38-25-43-44(30-58-49(43)57-27-38)40-29-59-63(32-40)31-36-18-17-21-41(54)24-36/h12-14,17-21,24-25,27-30,32-33,35,42,45-46,48,55-56H,7-11,15-16,22-23,26,31,34H2,1-6H3,(H,57,58)(H,61,68)(H,62,67)/t35-,42-,45+,46-,48?/m0/s1. The highest BCUT2D eigenvalue weighted by Crippen LogP contribution is 2.32. The Labute approximate surface area is 404 Å². The van der Waals surface area contributed by atoms with E-state index in [1.54, 1.807) is 54.4 Å². The first-order valence-electron chi connectivity index (χ1n) is 24.4. The summed E-state index contributed by atoms with van der Waals surface area (Å²) in [5.41, 5.74) is 5.44. The molecule has 15 nitrogen and oxygen atoms in total. The second kappa shape index (κ2) is 23.2. The van der Waals surface area contributed by atoms with E-state index in [1.165, 1.54) is 16.8 Å². The van der Waals surface area contributed by atoms with Crippen LogP contribution in [0, 0.1) is 11.2 Å². The topological polar surface area (TPSA) is 184 Å². The van der Waals surface area contributed by atoms with Crippen molar-refractivity contribution < 1.29 is 23.6 Å². The quantitative estimate of drug-likeness (QED) is 0.0424. The minimum atomic E-state index is -0.817. The van der Waals surface area contributed by atoms with Gasteiger partial charge in [-0.3, -0.25) is 23.9 Å². The third kappa shape index (κ3) is 13.0. The number of aromatic nitrogens is 6. The van der Waals surface area contributed by atoms with Gasteiger partial charge < -0.3 is 31.2 Å². The van der Waals surface area contributed by atoms with E-state index in [1.807, 2.05) is 82.6 Å². The Hall–Kier alpha value is -6.52. The molecule has 1 aliphatic heterocycles. The first-order valence-corrected chi connectivity index (χ1v) is 24.4. The average Bonchev–Trinajstić information content (AvgIpc) is 4.18. The van der Waals surface area contributed by atoms with E-state index >= 15 is 0 Å². The fraction of sp³-hybridized carbons (Fsp3) is 0.453. The van der Waals surface area contributed by atoms with Gasteiger partial charge in [0.25, 0.3) is 0 Å². The van der Waals surface area contributed by atoms with E-state index in [0.717, 1.165) is 89.5 Å². The molecular formula is C53H68FN11O4. The molecule has 0 radical (unpaired) electrons. The third-order valence-electron chi connectivity index (χ3n) is 13.2. The minimum Gasteiger partial charge on any atom is -0.348 e. The van der Waals surface area contributed by atoms with Gasteiger partial charge in [0.2, 0.25) is 23.6 Å². The van der Waals surface area contributed by atoms with E-state index in [2.05, 4.69) is 41.4 Å². The van der Waals surface area contributed by atoms with Crippen LogP contribution in [0.4, 0.5) is 4.39 Å². The highest BCUT2D eigenvalue weighted by molar-refractivity contribution is 5.96. The number of aromatic amines is 1. The lowest BCUT2D eigenvalue weighted by Gasteiger charge is -2.36. The Morgan fingerprint density at radius 3 is 2.36 bits per heavy atom. The fourth-order valence-corrected chi connectivity index (χ4v) is 9.01. The third-order valence-corrected chi connectivity index (χ3v) is 13.2. The molecule has 1 aliphatic rings. The minimum absolute atomic E-state index is 0.0578. The van der Waals surface area contributed by atoms with E-state index in [4.69, 9.17) is 0 Å². The van der Waals surface area contributed by atoms with Crippen molar-refractivity contribution in [3.8, 4) is 22.3 Å². The number of pyridine rings is 1. The van der Waals surface area contributed by atoms with E-state index in [-0.39, 0.29) is 41.5 Å². The second-order valence-corrected chi connectivity index (χ2v) is 19.4. The molecule has 2 aromatic carbocycles. The number of rotatable bonds is 22. The van der Waals surface area contributed by atoms with Crippen LogP contribution in [0.3, 0.4) is 0 Å². The maximum Gasteiger partial charge on any atom is 0.246 e. The van der Waals surface area contributed by atoms with Gasteiger partial charge in [-0.1, -0.05) is 95.8 Å². The molecule has 0 spiro atoms. The maximum atomic E-state index is 14.4. The molecule has 5 N–H and O–H groups in total. The van der Waals surface area contributed by atoms with E-state index in [0.29, 0.717) is 32.4 Å². The van der Waals surface area contributed by atoms with Crippen LogP contribution in [0.2, 0.25) is 0 Å². The number of unbranched alkanes of at least 4 members (excludes halogenated alkanes) is 5. The lowest BCUT2D eigenvalue weighted by Crippen LogP contribution is -2.59. The van der Waals surface area contributed by atoms with Gasteiger partial charge in [-0.2, -0.15) is 10.2 Å². The highest BCUT2D eigenvalue weighted by atomic mass is 19.1. The van der Waals surface area contributed by atoms with Crippen molar-refractivity contribution in [3.63, 3.8) is 0 Å². The van der Waals surface area contributed by atoms with Crippen LogP contribution in [0.1, 0.15) is 114 Å². The number of hydrogen-bond acceptors (Lipinski definition) is 9. The molecular weight excluding hydrogens is 874 g/mol. The predicted octanol–water partition coefficient (Wildman–Crippen LogP) is 7.81. The van der Waals surface area contributed by atoms with Gasteiger partial charge in [-0.25, -0.2) is 14.1 Å². The Kier molecular flexibility index (Phi) is 16.9. The summed E-state index contributed by atoms with van der Waals surface area (Å²) in [6.45, 7) is 11.1. The summed E-state index contributed by atoms with van der Waals surface area (Å²) in [6, 6.07) is 16.1. The molecule has 366 valence electrons. The summed E-state index contributed by atoms with van der Waals surface area (Å²) >= 11 is 0. The molecule has 5 atom stereocenters. The van der Waals surface area contributed by atoms with Gasteiger partial charge in [0, 0.05) is 71.4 Å². The number of benzene rings is 2. The number of carbonyl (C=O) groups is 4. The molecule has 0 bridgehead atoms. The molecule has 69 heavy (non-hydrogen) atoms. The smallest absolute Gasteiger partial charge is 0.246 e. The molecule has 16 heteroatoms. The number of nitrogens with one attached hydrogen (secondary N) is 5. The van der Waals surface area contributed by atoms with Gasteiger partial charge >= 0.3 is 0 Å². The van der Waals surface area contributed by atoms with Crippen molar-refractivity contribution in [2.75, 3.05) is 20.1 Å². The number of carbonyl (C=O) groups excluding carboxylic acids is 4. The molecule has 7 rings (SSSR count). The predicted molar refractivity (Wildman–Crippen MR) is 266 cm³/mol. The molecule has 6 aromatic rings. The van der Waals surface area contributed by atoms with Gasteiger partial charge in [0.15, 0.2) is 0 Å². The summed E-state index contributed by atoms with van der Waals surface area (Å²) < 4.78 is 16.9. The molecule has 1 unspecified atom stereocenters. The zero-order valence-corrected chi connectivity index (χ0v) is 40.8. The van der Waals surface area contributed by atoms with Gasteiger partial charge in [0.05, 0.1) is 31.0 Å². The molecule has 3 amide bonds. The van der Waals surface area contributed by atoms with Crippen molar-refractivity contribution in [2.24, 2.45) is 5.41 Å². The Balaban J connectivity index is 0.859. The number of likely N-dealkylation sites (N-methyl/N-ethyl adjacent to an activating group) is 1. The fourth-order valence-electron chi connectivity index (χ4n) is 9.01. The highest BCUT2D eigenvalue weighted by Gasteiger charge is 2.45. The summed E-state index contributed by atoms with van der Waals surface area (Å²) in [7, 11) is 1.70. The number of halogens is 1. The summed E-state index contributed by atoms with van der Waals surface area (Å²) in [5, 5.41) is 22.6. The van der Waals surface area contributed by atoms with Gasteiger partial charge in [-0.05, 0) is 80.9 Å². The van der Waals surface area contributed by atoms with Crippen LogP contribution in [0.25, 0.3) is 33.3 Å². The number of H-pyrrole nitrogens is 1. The van der Waals surface area contributed by atoms with Gasteiger partial charge in [0.1, 0.15) is 23.5 Å². The maximum absolute atomic E-state index is 14.4. The van der Waals surface area contributed by atoms with Crippen molar-refractivity contribution in [3.05, 3.63) is 115 Å².